The molecule has 27 heavy (non-hydrogen) atoms. The number of hydrogen-bond donors (Lipinski definition) is 5. The highest BCUT2D eigenvalue weighted by Crippen LogP contribution is 2.35. The first kappa shape index (κ1) is 16.5. The number of nitrogens with one attached hydrogen (secondary N) is 5. The number of hydrogen-bond acceptors (Lipinski definition) is 7. The van der Waals surface area contributed by atoms with Crippen LogP contribution < -0.4 is 21.5 Å². The van der Waals surface area contributed by atoms with Gasteiger partial charge in [-0.05, 0) is 55.9 Å². The van der Waals surface area contributed by atoms with Crippen LogP contribution >= 0.6 is 0 Å². The highest BCUT2D eigenvalue weighted by Gasteiger charge is 2.36. The first-order valence-corrected chi connectivity index (χ1v) is 9.55. The van der Waals surface area contributed by atoms with Crippen molar-refractivity contribution in [3.8, 4) is 0 Å². The van der Waals surface area contributed by atoms with Gasteiger partial charge in [-0.15, -0.1) is 0 Å². The van der Waals surface area contributed by atoms with Crippen LogP contribution in [0.4, 0.5) is 11.8 Å². The van der Waals surface area contributed by atoms with Crippen molar-refractivity contribution in [1.82, 2.24) is 30.8 Å². The molecular formula is C19H24N8. The van der Waals surface area contributed by atoms with Crippen LogP contribution in [0.2, 0.25) is 0 Å². The van der Waals surface area contributed by atoms with Crippen LogP contribution in [0.25, 0.3) is 11.0 Å². The molecule has 0 radical (unpaired) electrons. The molecule has 2 unspecified atom stereocenters. The summed E-state index contributed by atoms with van der Waals surface area (Å²) in [4.78, 5) is 16.4. The summed E-state index contributed by atoms with van der Waals surface area (Å²) in [6.07, 6.45) is 7.44. The van der Waals surface area contributed by atoms with E-state index >= 15 is 0 Å². The van der Waals surface area contributed by atoms with Crippen LogP contribution in [0.15, 0.2) is 36.8 Å². The molecule has 1 saturated heterocycles. The lowest BCUT2D eigenvalue weighted by Crippen LogP contribution is -2.37. The van der Waals surface area contributed by atoms with Crippen LogP contribution in [0.5, 0.6) is 0 Å². The Kier molecular flexibility index (Phi) is 4.14. The topological polar surface area (TPSA) is 103 Å². The molecule has 0 amide bonds. The molecule has 3 atom stereocenters. The average Bonchev–Trinajstić information content (AvgIpc) is 3.23. The third kappa shape index (κ3) is 3.58. The monoisotopic (exact) mass is 364 g/mol. The van der Waals surface area contributed by atoms with Gasteiger partial charge in [0.1, 0.15) is 5.82 Å². The lowest BCUT2D eigenvalue weighted by molar-refractivity contribution is 0.502. The van der Waals surface area contributed by atoms with Crippen LogP contribution in [-0.4, -0.2) is 32.1 Å². The number of rotatable bonds is 6. The lowest BCUT2D eigenvalue weighted by atomic mass is 10.1. The smallest absolute Gasteiger partial charge is 0.225 e. The van der Waals surface area contributed by atoms with Gasteiger partial charge in [0.2, 0.25) is 5.95 Å². The van der Waals surface area contributed by atoms with E-state index < -0.39 is 0 Å². The zero-order chi connectivity index (χ0) is 18.2. The molecule has 140 valence electrons. The quantitative estimate of drug-likeness (QED) is 0.458. The minimum Gasteiger partial charge on any atom is -0.353 e. The molecule has 8 heteroatoms. The molecule has 8 nitrogen and oxygen atoms in total. The van der Waals surface area contributed by atoms with Gasteiger partial charge in [-0.25, -0.2) is 15.4 Å². The SMILES string of the molecule is C[C@H](Nc1nccc(NC2CC(C3CC3)NN2)n1)c1ccc2nc[nH]c2c1. The van der Waals surface area contributed by atoms with Crippen molar-refractivity contribution in [3.05, 3.63) is 42.4 Å². The van der Waals surface area contributed by atoms with E-state index in [2.05, 4.69) is 60.5 Å². The Morgan fingerprint density at radius 2 is 2.07 bits per heavy atom. The highest BCUT2D eigenvalue weighted by molar-refractivity contribution is 5.75. The number of aromatic nitrogens is 4. The minimum absolute atomic E-state index is 0.0819. The van der Waals surface area contributed by atoms with E-state index in [0.717, 1.165) is 34.8 Å². The maximum absolute atomic E-state index is 4.62. The van der Waals surface area contributed by atoms with E-state index in [-0.39, 0.29) is 12.2 Å². The molecule has 3 aromatic rings. The summed E-state index contributed by atoms with van der Waals surface area (Å²) in [6.45, 7) is 2.10. The van der Waals surface area contributed by atoms with E-state index in [4.69, 9.17) is 0 Å². The van der Waals surface area contributed by atoms with Crippen molar-refractivity contribution >= 4 is 22.8 Å². The summed E-state index contributed by atoms with van der Waals surface area (Å²) >= 11 is 0. The van der Waals surface area contributed by atoms with Gasteiger partial charge >= 0.3 is 0 Å². The van der Waals surface area contributed by atoms with Crippen molar-refractivity contribution in [1.29, 1.82) is 0 Å². The highest BCUT2D eigenvalue weighted by atomic mass is 15.5. The summed E-state index contributed by atoms with van der Waals surface area (Å²) in [6, 6.07) is 8.76. The Hall–Kier alpha value is -2.71. The van der Waals surface area contributed by atoms with Crippen LogP contribution in [0.3, 0.4) is 0 Å². The van der Waals surface area contributed by atoms with E-state index in [1.165, 1.54) is 12.8 Å². The molecule has 1 saturated carbocycles. The molecule has 5 rings (SSSR count). The van der Waals surface area contributed by atoms with Gasteiger partial charge in [0.25, 0.3) is 0 Å². The fraction of sp³-hybridized carbons (Fsp3) is 0.421. The van der Waals surface area contributed by atoms with E-state index in [1.54, 1.807) is 12.5 Å². The molecular weight excluding hydrogens is 340 g/mol. The first-order chi connectivity index (χ1) is 13.2. The Morgan fingerprint density at radius 1 is 1.15 bits per heavy atom. The number of fused-ring (bicyclic) bond motifs is 1. The minimum atomic E-state index is 0.0819. The molecule has 2 aliphatic rings. The zero-order valence-corrected chi connectivity index (χ0v) is 15.2. The van der Waals surface area contributed by atoms with E-state index in [1.807, 2.05) is 12.1 Å². The zero-order valence-electron chi connectivity index (χ0n) is 15.2. The summed E-state index contributed by atoms with van der Waals surface area (Å²) in [7, 11) is 0. The molecule has 3 heterocycles. The Balaban J connectivity index is 1.24. The van der Waals surface area contributed by atoms with Crippen LogP contribution in [0, 0.1) is 5.92 Å². The summed E-state index contributed by atoms with van der Waals surface area (Å²) < 4.78 is 0. The predicted octanol–water partition coefficient (Wildman–Crippen LogP) is 2.54. The standard InChI is InChI=1S/C19H24N8/c1-11(13-4-5-14-16(8-13)22-10-21-14)23-19-20-7-6-17(25-19)24-18-9-15(26-27-18)12-2-3-12/h4-8,10-12,15,18,26-27H,2-3,9H2,1H3,(H,21,22)(H2,20,23,24,25)/t11-,15?,18?/m0/s1. The van der Waals surface area contributed by atoms with Crippen molar-refractivity contribution in [2.45, 2.75) is 44.4 Å². The number of hydrazine groups is 1. The van der Waals surface area contributed by atoms with Gasteiger partial charge in [0.15, 0.2) is 0 Å². The van der Waals surface area contributed by atoms with E-state index in [0.29, 0.717) is 12.0 Å². The average molecular weight is 364 g/mol. The molecule has 0 bridgehead atoms. The third-order valence-corrected chi connectivity index (χ3v) is 5.39. The van der Waals surface area contributed by atoms with E-state index in [9.17, 15) is 0 Å². The Bertz CT molecular complexity index is 934. The normalized spacial score (nSPS) is 23.4. The fourth-order valence-corrected chi connectivity index (χ4v) is 3.67. The fourth-order valence-electron chi connectivity index (χ4n) is 3.67. The van der Waals surface area contributed by atoms with Crippen LogP contribution in [0.1, 0.15) is 37.8 Å². The molecule has 1 aliphatic carbocycles. The Morgan fingerprint density at radius 3 is 2.96 bits per heavy atom. The first-order valence-electron chi connectivity index (χ1n) is 9.55. The number of H-pyrrole nitrogens is 1. The molecule has 1 aliphatic heterocycles. The van der Waals surface area contributed by atoms with Gasteiger partial charge in [-0.3, -0.25) is 5.43 Å². The van der Waals surface area contributed by atoms with Crippen molar-refractivity contribution in [2.24, 2.45) is 5.92 Å². The van der Waals surface area contributed by atoms with Gasteiger partial charge in [-0.1, -0.05) is 6.07 Å². The van der Waals surface area contributed by atoms with Crippen molar-refractivity contribution in [2.75, 3.05) is 10.6 Å². The second-order valence-corrected chi connectivity index (χ2v) is 7.48. The van der Waals surface area contributed by atoms with Crippen molar-refractivity contribution < 1.29 is 0 Å². The number of aromatic amines is 1. The number of anilines is 2. The predicted molar refractivity (Wildman–Crippen MR) is 105 cm³/mol. The maximum Gasteiger partial charge on any atom is 0.225 e. The number of benzene rings is 1. The largest absolute Gasteiger partial charge is 0.353 e. The van der Waals surface area contributed by atoms with Gasteiger partial charge in [-0.2, -0.15) is 4.98 Å². The third-order valence-electron chi connectivity index (χ3n) is 5.39. The van der Waals surface area contributed by atoms with Gasteiger partial charge in [0.05, 0.1) is 29.6 Å². The maximum atomic E-state index is 4.62. The molecule has 2 aromatic heterocycles. The molecule has 2 fully saturated rings. The van der Waals surface area contributed by atoms with Crippen molar-refractivity contribution in [3.63, 3.8) is 0 Å². The molecule has 5 N–H and O–H groups in total. The summed E-state index contributed by atoms with van der Waals surface area (Å²) in [5.41, 5.74) is 9.87. The van der Waals surface area contributed by atoms with Gasteiger partial charge in [0, 0.05) is 12.2 Å². The molecule has 0 spiro atoms. The summed E-state index contributed by atoms with van der Waals surface area (Å²) in [5, 5.41) is 6.83. The lowest BCUT2D eigenvalue weighted by Gasteiger charge is -2.16. The Labute approximate surface area is 157 Å². The van der Waals surface area contributed by atoms with Gasteiger partial charge < -0.3 is 15.6 Å². The second-order valence-electron chi connectivity index (χ2n) is 7.48. The number of imidazole rings is 1. The number of nitrogens with zero attached hydrogens (tertiary/aromatic N) is 3. The molecule has 1 aromatic carbocycles. The second kappa shape index (κ2) is 6.79. The summed E-state index contributed by atoms with van der Waals surface area (Å²) in [5.74, 6) is 2.27. The van der Waals surface area contributed by atoms with Crippen LogP contribution in [-0.2, 0) is 0 Å².